The van der Waals surface area contributed by atoms with Crippen LogP contribution in [0.1, 0.15) is 18.1 Å². The summed E-state index contributed by atoms with van der Waals surface area (Å²) in [5.74, 6) is 0.140. The van der Waals surface area contributed by atoms with Gasteiger partial charge in [0, 0.05) is 0 Å². The van der Waals surface area contributed by atoms with Gasteiger partial charge >= 0.3 is 0 Å². The molecule has 0 aliphatic carbocycles. The third-order valence-electron chi connectivity index (χ3n) is 2.20. The summed E-state index contributed by atoms with van der Waals surface area (Å²) in [5.41, 5.74) is 1.87. The zero-order chi connectivity index (χ0) is 11.3. The van der Waals surface area contributed by atoms with Crippen LogP contribution >= 0.6 is 0 Å². The average Bonchev–Trinajstić information content (AvgIpc) is 2.19. The second-order valence-corrected chi connectivity index (χ2v) is 3.52. The molecular weight excluding hydrogens is 193 g/mol. The van der Waals surface area contributed by atoms with Crippen molar-refractivity contribution >= 4 is 0 Å². The fraction of sp³-hybridized carbons (Fsp3) is 0.500. The molecule has 0 spiro atoms. The standard InChI is InChI=1S/C12H18FNO/c1-4-15-12-10(5-6-14-3)7-9(2)8-11(12)13/h7-8,14H,4-6H2,1-3H3. The summed E-state index contributed by atoms with van der Waals surface area (Å²) in [4.78, 5) is 0. The SMILES string of the molecule is CCOc1c(F)cc(C)cc1CCNC. The Labute approximate surface area is 90.4 Å². The number of nitrogens with one attached hydrogen (secondary N) is 1. The second kappa shape index (κ2) is 5.71. The highest BCUT2D eigenvalue weighted by atomic mass is 19.1. The summed E-state index contributed by atoms with van der Waals surface area (Å²) < 4.78 is 18.9. The van der Waals surface area contributed by atoms with Gasteiger partial charge in [0.2, 0.25) is 0 Å². The molecule has 1 aromatic rings. The van der Waals surface area contributed by atoms with E-state index in [0.717, 1.165) is 24.1 Å². The third-order valence-corrected chi connectivity index (χ3v) is 2.20. The van der Waals surface area contributed by atoms with E-state index in [1.807, 2.05) is 27.0 Å². The zero-order valence-corrected chi connectivity index (χ0v) is 9.56. The van der Waals surface area contributed by atoms with Crippen molar-refractivity contribution in [1.82, 2.24) is 5.32 Å². The normalized spacial score (nSPS) is 10.4. The van der Waals surface area contributed by atoms with Crippen molar-refractivity contribution in [2.75, 3.05) is 20.2 Å². The van der Waals surface area contributed by atoms with E-state index >= 15 is 0 Å². The van der Waals surface area contributed by atoms with Crippen molar-refractivity contribution in [2.24, 2.45) is 0 Å². The summed E-state index contributed by atoms with van der Waals surface area (Å²) in [7, 11) is 1.88. The molecule has 0 fully saturated rings. The predicted octanol–water partition coefficient (Wildman–Crippen LogP) is 2.29. The minimum Gasteiger partial charge on any atom is -0.491 e. The number of ether oxygens (including phenoxy) is 1. The maximum Gasteiger partial charge on any atom is 0.165 e. The van der Waals surface area contributed by atoms with Crippen molar-refractivity contribution in [3.8, 4) is 5.75 Å². The van der Waals surface area contributed by atoms with Gasteiger partial charge in [-0.3, -0.25) is 0 Å². The highest BCUT2D eigenvalue weighted by Crippen LogP contribution is 2.24. The molecule has 0 bridgehead atoms. The van der Waals surface area contributed by atoms with Crippen LogP contribution in [0, 0.1) is 12.7 Å². The van der Waals surface area contributed by atoms with Crippen molar-refractivity contribution in [3.05, 3.63) is 29.1 Å². The summed E-state index contributed by atoms with van der Waals surface area (Å²) in [6, 6.07) is 3.49. The Morgan fingerprint density at radius 1 is 1.40 bits per heavy atom. The van der Waals surface area contributed by atoms with E-state index in [-0.39, 0.29) is 5.82 Å². The van der Waals surface area contributed by atoms with Crippen molar-refractivity contribution in [1.29, 1.82) is 0 Å². The van der Waals surface area contributed by atoms with Gasteiger partial charge < -0.3 is 10.1 Å². The summed E-state index contributed by atoms with van der Waals surface area (Å²) >= 11 is 0. The van der Waals surface area contributed by atoms with E-state index < -0.39 is 0 Å². The van der Waals surface area contributed by atoms with Gasteiger partial charge in [0.25, 0.3) is 0 Å². The number of benzene rings is 1. The maximum absolute atomic E-state index is 13.6. The van der Waals surface area contributed by atoms with Crippen LogP contribution in [0.15, 0.2) is 12.1 Å². The summed E-state index contributed by atoms with van der Waals surface area (Å²) in [6.45, 7) is 5.07. The third kappa shape index (κ3) is 3.20. The van der Waals surface area contributed by atoms with Crippen LogP contribution in [-0.4, -0.2) is 20.2 Å². The van der Waals surface area contributed by atoms with Crippen LogP contribution in [-0.2, 0) is 6.42 Å². The van der Waals surface area contributed by atoms with E-state index in [9.17, 15) is 4.39 Å². The lowest BCUT2D eigenvalue weighted by atomic mass is 10.1. The number of hydrogen-bond acceptors (Lipinski definition) is 2. The first-order chi connectivity index (χ1) is 7.19. The van der Waals surface area contributed by atoms with Gasteiger partial charge in [0.05, 0.1) is 6.61 Å². The fourth-order valence-corrected chi connectivity index (χ4v) is 1.55. The van der Waals surface area contributed by atoms with Crippen molar-refractivity contribution < 1.29 is 9.13 Å². The lowest BCUT2D eigenvalue weighted by Gasteiger charge is -2.12. The van der Waals surface area contributed by atoms with E-state index in [1.165, 1.54) is 6.07 Å². The van der Waals surface area contributed by atoms with E-state index in [4.69, 9.17) is 4.74 Å². The molecule has 0 atom stereocenters. The highest BCUT2D eigenvalue weighted by Gasteiger charge is 2.10. The smallest absolute Gasteiger partial charge is 0.165 e. The van der Waals surface area contributed by atoms with Crippen LogP contribution in [0.5, 0.6) is 5.75 Å². The Morgan fingerprint density at radius 3 is 2.73 bits per heavy atom. The van der Waals surface area contributed by atoms with Gasteiger partial charge in [-0.2, -0.15) is 0 Å². The van der Waals surface area contributed by atoms with Crippen molar-refractivity contribution in [2.45, 2.75) is 20.3 Å². The molecule has 15 heavy (non-hydrogen) atoms. The van der Waals surface area contributed by atoms with Crippen LogP contribution in [0.3, 0.4) is 0 Å². The molecule has 0 amide bonds. The van der Waals surface area contributed by atoms with E-state index in [1.54, 1.807) is 0 Å². The second-order valence-electron chi connectivity index (χ2n) is 3.52. The maximum atomic E-state index is 13.6. The van der Waals surface area contributed by atoms with Gasteiger partial charge in [0.1, 0.15) is 0 Å². The molecule has 0 saturated carbocycles. The first kappa shape index (κ1) is 12.0. The molecule has 2 nitrogen and oxygen atoms in total. The molecule has 0 aromatic heterocycles. The molecule has 0 unspecified atom stereocenters. The van der Waals surface area contributed by atoms with Gasteiger partial charge in [-0.25, -0.2) is 4.39 Å². The van der Waals surface area contributed by atoms with Crippen molar-refractivity contribution in [3.63, 3.8) is 0 Å². The fourth-order valence-electron chi connectivity index (χ4n) is 1.55. The Morgan fingerprint density at radius 2 is 2.13 bits per heavy atom. The first-order valence-corrected chi connectivity index (χ1v) is 5.25. The molecule has 1 N–H and O–H groups in total. The number of likely N-dealkylation sites (N-methyl/N-ethyl adjacent to an activating group) is 1. The molecule has 1 aromatic carbocycles. The molecule has 0 heterocycles. The van der Waals surface area contributed by atoms with Gasteiger partial charge in [0.15, 0.2) is 11.6 Å². The van der Waals surface area contributed by atoms with E-state index in [0.29, 0.717) is 12.4 Å². The number of rotatable bonds is 5. The largest absolute Gasteiger partial charge is 0.491 e. The topological polar surface area (TPSA) is 21.3 Å². The molecule has 0 radical (unpaired) electrons. The molecule has 1 rings (SSSR count). The highest BCUT2D eigenvalue weighted by molar-refractivity contribution is 5.38. The van der Waals surface area contributed by atoms with Gasteiger partial charge in [-0.05, 0) is 51.1 Å². The lowest BCUT2D eigenvalue weighted by molar-refractivity contribution is 0.317. The van der Waals surface area contributed by atoms with Crippen LogP contribution < -0.4 is 10.1 Å². The Hall–Kier alpha value is -1.09. The van der Waals surface area contributed by atoms with Crippen LogP contribution in [0.4, 0.5) is 4.39 Å². The monoisotopic (exact) mass is 211 g/mol. The molecular formula is C12H18FNO. The minimum atomic E-state index is -0.261. The molecule has 0 aliphatic rings. The van der Waals surface area contributed by atoms with Crippen LogP contribution in [0.25, 0.3) is 0 Å². The number of hydrogen-bond donors (Lipinski definition) is 1. The number of aryl methyl sites for hydroxylation is 1. The lowest BCUT2D eigenvalue weighted by Crippen LogP contribution is -2.12. The molecule has 0 aliphatic heterocycles. The molecule has 0 saturated heterocycles. The zero-order valence-electron chi connectivity index (χ0n) is 9.56. The first-order valence-electron chi connectivity index (χ1n) is 5.25. The molecule has 84 valence electrons. The Kier molecular flexibility index (Phi) is 4.56. The van der Waals surface area contributed by atoms with Gasteiger partial charge in [-0.1, -0.05) is 6.07 Å². The van der Waals surface area contributed by atoms with Crippen LogP contribution in [0.2, 0.25) is 0 Å². The average molecular weight is 211 g/mol. The number of halogens is 1. The predicted molar refractivity (Wildman–Crippen MR) is 59.9 cm³/mol. The van der Waals surface area contributed by atoms with E-state index in [2.05, 4.69) is 5.32 Å². The Bertz CT molecular complexity index is 326. The summed E-state index contributed by atoms with van der Waals surface area (Å²) in [5, 5.41) is 3.05. The quantitative estimate of drug-likeness (QED) is 0.807. The van der Waals surface area contributed by atoms with Gasteiger partial charge in [-0.15, -0.1) is 0 Å². The Balaban J connectivity index is 2.97. The summed E-state index contributed by atoms with van der Waals surface area (Å²) in [6.07, 6.45) is 0.782. The minimum absolute atomic E-state index is 0.261. The molecule has 3 heteroatoms.